The smallest absolute Gasteiger partial charge is 0.323 e. The van der Waals surface area contributed by atoms with Gasteiger partial charge in [-0.2, -0.15) is 0 Å². The fraction of sp³-hybridized carbons (Fsp3) is 0.643. The number of nitrogens with zero attached hydrogens (tertiary/aromatic N) is 2. The molecule has 0 radical (unpaired) electrons. The van der Waals surface area contributed by atoms with Crippen LogP contribution in [0.25, 0.3) is 0 Å². The van der Waals surface area contributed by atoms with Crippen molar-refractivity contribution in [3.05, 3.63) is 16.1 Å². The van der Waals surface area contributed by atoms with Crippen LogP contribution in [0.15, 0.2) is 5.38 Å². The van der Waals surface area contributed by atoms with Crippen LogP contribution < -0.4 is 5.32 Å². The lowest BCUT2D eigenvalue weighted by Gasteiger charge is -2.28. The largest absolute Gasteiger partial charge is 0.480 e. The number of nitrogens with one attached hydrogen (secondary N) is 1. The van der Waals surface area contributed by atoms with Crippen LogP contribution in [0.4, 0.5) is 4.79 Å². The van der Waals surface area contributed by atoms with Gasteiger partial charge in [0.25, 0.3) is 0 Å². The predicted molar refractivity (Wildman–Crippen MR) is 80.4 cm³/mol. The quantitative estimate of drug-likeness (QED) is 0.875. The number of carboxylic acid groups (broad SMARTS) is 1. The Bertz CT molecular complexity index is 511. The zero-order valence-corrected chi connectivity index (χ0v) is 13.2. The summed E-state index contributed by atoms with van der Waals surface area (Å²) in [4.78, 5) is 29.2. The van der Waals surface area contributed by atoms with Gasteiger partial charge in [-0.3, -0.25) is 4.79 Å². The third-order valence-corrected chi connectivity index (χ3v) is 4.82. The van der Waals surface area contributed by atoms with Crippen molar-refractivity contribution >= 4 is 23.3 Å². The van der Waals surface area contributed by atoms with Crippen LogP contribution in [0.3, 0.4) is 0 Å². The van der Waals surface area contributed by atoms with E-state index in [4.69, 9.17) is 5.11 Å². The molecule has 0 aromatic carbocycles. The lowest BCUT2D eigenvalue weighted by atomic mass is 10.2. The topological polar surface area (TPSA) is 82.5 Å². The number of aliphatic carboxylic acids is 1. The van der Waals surface area contributed by atoms with Crippen molar-refractivity contribution in [2.75, 3.05) is 6.54 Å². The molecule has 1 saturated carbocycles. The summed E-state index contributed by atoms with van der Waals surface area (Å²) in [5.74, 6) is -0.977. The van der Waals surface area contributed by atoms with Gasteiger partial charge in [-0.15, -0.1) is 11.3 Å². The maximum absolute atomic E-state index is 12.4. The summed E-state index contributed by atoms with van der Waals surface area (Å²) in [7, 11) is 0. The van der Waals surface area contributed by atoms with Crippen molar-refractivity contribution in [3.63, 3.8) is 0 Å². The molecule has 1 atom stereocenters. The summed E-state index contributed by atoms with van der Waals surface area (Å²) in [6, 6.07) is -0.495. The molecule has 1 fully saturated rings. The molecule has 116 valence electrons. The van der Waals surface area contributed by atoms with E-state index in [0.29, 0.717) is 0 Å². The van der Waals surface area contributed by atoms with Crippen LogP contribution in [0.5, 0.6) is 0 Å². The first-order valence-electron chi connectivity index (χ1n) is 7.18. The summed E-state index contributed by atoms with van der Waals surface area (Å²) in [6.45, 7) is 3.52. The summed E-state index contributed by atoms with van der Waals surface area (Å²) < 4.78 is 0. The second kappa shape index (κ2) is 6.89. The normalized spacial score (nSPS) is 16.7. The van der Waals surface area contributed by atoms with Crippen LogP contribution in [0, 0.1) is 6.92 Å². The van der Waals surface area contributed by atoms with Gasteiger partial charge >= 0.3 is 12.0 Å². The predicted octanol–water partition coefficient (Wildman–Crippen LogP) is 2.55. The molecule has 1 aliphatic carbocycles. The Morgan fingerprint density at radius 2 is 2.19 bits per heavy atom. The molecule has 21 heavy (non-hydrogen) atoms. The second-order valence-corrected chi connectivity index (χ2v) is 6.35. The molecular formula is C14H21N3O3S. The molecule has 6 nitrogen and oxygen atoms in total. The first kappa shape index (κ1) is 15.8. The maximum Gasteiger partial charge on any atom is 0.323 e. The molecule has 1 aromatic rings. The number of carbonyl (C=O) groups excluding carboxylic acids is 1. The molecule has 7 heteroatoms. The Morgan fingerprint density at radius 3 is 2.71 bits per heavy atom. The average Bonchev–Trinajstić information content (AvgIpc) is 3.06. The van der Waals surface area contributed by atoms with Crippen molar-refractivity contribution in [1.29, 1.82) is 0 Å². The molecule has 1 heterocycles. The minimum Gasteiger partial charge on any atom is -0.480 e. The third kappa shape index (κ3) is 4.17. The third-order valence-electron chi connectivity index (χ3n) is 3.68. The molecule has 0 bridgehead atoms. The van der Waals surface area contributed by atoms with E-state index in [1.165, 1.54) is 16.2 Å². The maximum atomic E-state index is 12.4. The van der Waals surface area contributed by atoms with E-state index in [0.717, 1.165) is 36.4 Å². The fourth-order valence-corrected chi connectivity index (χ4v) is 3.43. The first-order chi connectivity index (χ1) is 9.97. The zero-order valence-electron chi connectivity index (χ0n) is 12.3. The number of rotatable bonds is 5. The first-order valence-corrected chi connectivity index (χ1v) is 8.06. The molecule has 0 saturated heterocycles. The van der Waals surface area contributed by atoms with Gasteiger partial charge in [-0.25, -0.2) is 9.78 Å². The Kier molecular flexibility index (Phi) is 5.17. The van der Waals surface area contributed by atoms with E-state index in [1.807, 2.05) is 19.2 Å². The summed E-state index contributed by atoms with van der Waals surface area (Å²) in [5, 5.41) is 14.6. The van der Waals surface area contributed by atoms with Crippen LogP contribution in [-0.2, 0) is 4.79 Å². The number of hydrogen-bond donors (Lipinski definition) is 2. The summed E-state index contributed by atoms with van der Waals surface area (Å²) in [6.07, 6.45) is 3.86. The highest BCUT2D eigenvalue weighted by Crippen LogP contribution is 2.24. The number of carboxylic acids is 1. The minimum absolute atomic E-state index is 0.0336. The number of aromatic nitrogens is 1. The number of hydrogen-bond acceptors (Lipinski definition) is 4. The Morgan fingerprint density at radius 1 is 1.52 bits per heavy atom. The molecular weight excluding hydrogens is 290 g/mol. The van der Waals surface area contributed by atoms with Crippen molar-refractivity contribution in [3.8, 4) is 0 Å². The number of amides is 2. The molecule has 2 amide bonds. The number of carbonyl (C=O) groups is 2. The van der Waals surface area contributed by atoms with E-state index in [2.05, 4.69) is 10.3 Å². The molecule has 2 N–H and O–H groups in total. The summed E-state index contributed by atoms with van der Waals surface area (Å²) in [5.41, 5.74) is 0.925. The van der Waals surface area contributed by atoms with Gasteiger partial charge < -0.3 is 15.3 Å². The van der Waals surface area contributed by atoms with Crippen molar-refractivity contribution < 1.29 is 14.7 Å². The van der Waals surface area contributed by atoms with Gasteiger partial charge in [0.1, 0.15) is 11.6 Å². The standard InChI is InChI=1S/C14H21N3O3S/c1-9-8-21-13(15-9)10(2)16-14(20)17(7-12(18)19)11-5-3-4-6-11/h8,10-11H,3-7H2,1-2H3,(H,16,20)(H,18,19). The van der Waals surface area contributed by atoms with Crippen molar-refractivity contribution in [1.82, 2.24) is 15.2 Å². The molecule has 1 unspecified atom stereocenters. The van der Waals surface area contributed by atoms with Gasteiger partial charge in [0, 0.05) is 17.1 Å². The average molecular weight is 311 g/mol. The SMILES string of the molecule is Cc1csc(C(C)NC(=O)N(CC(=O)O)C2CCCC2)n1. The number of aryl methyl sites for hydroxylation is 1. The molecule has 2 rings (SSSR count). The van der Waals surface area contributed by atoms with Gasteiger partial charge in [0.15, 0.2) is 0 Å². The zero-order chi connectivity index (χ0) is 15.4. The van der Waals surface area contributed by atoms with E-state index in [1.54, 1.807) is 0 Å². The number of thiazole rings is 1. The highest BCUT2D eigenvalue weighted by atomic mass is 32.1. The van der Waals surface area contributed by atoms with Gasteiger partial charge in [0.05, 0.1) is 6.04 Å². The minimum atomic E-state index is -0.977. The Balaban J connectivity index is 2.01. The van der Waals surface area contributed by atoms with Crippen molar-refractivity contribution in [2.45, 2.75) is 51.6 Å². The Labute approximate surface area is 128 Å². The van der Waals surface area contributed by atoms with Crippen LogP contribution >= 0.6 is 11.3 Å². The number of urea groups is 1. The van der Waals surface area contributed by atoms with Crippen LogP contribution in [0.1, 0.15) is 49.4 Å². The van der Waals surface area contributed by atoms with Crippen LogP contribution in [0.2, 0.25) is 0 Å². The van der Waals surface area contributed by atoms with E-state index in [-0.39, 0.29) is 24.7 Å². The van der Waals surface area contributed by atoms with Gasteiger partial charge in [-0.1, -0.05) is 12.8 Å². The molecule has 0 spiro atoms. The lowest BCUT2D eigenvalue weighted by molar-refractivity contribution is -0.138. The second-order valence-electron chi connectivity index (χ2n) is 5.46. The Hall–Kier alpha value is -1.63. The van der Waals surface area contributed by atoms with E-state index < -0.39 is 5.97 Å². The lowest BCUT2D eigenvalue weighted by Crippen LogP contribution is -2.48. The van der Waals surface area contributed by atoms with Gasteiger partial charge in [-0.05, 0) is 26.7 Å². The molecule has 0 aliphatic heterocycles. The van der Waals surface area contributed by atoms with Crippen LogP contribution in [-0.4, -0.2) is 39.6 Å². The van der Waals surface area contributed by atoms with Crippen molar-refractivity contribution in [2.24, 2.45) is 0 Å². The van der Waals surface area contributed by atoms with E-state index in [9.17, 15) is 9.59 Å². The van der Waals surface area contributed by atoms with Gasteiger partial charge in [0.2, 0.25) is 0 Å². The highest BCUT2D eigenvalue weighted by molar-refractivity contribution is 7.09. The highest BCUT2D eigenvalue weighted by Gasteiger charge is 2.29. The van der Waals surface area contributed by atoms with E-state index >= 15 is 0 Å². The monoisotopic (exact) mass is 311 g/mol. The fourth-order valence-electron chi connectivity index (χ4n) is 2.63. The molecule has 1 aromatic heterocycles. The summed E-state index contributed by atoms with van der Waals surface area (Å²) >= 11 is 1.50. The molecule has 1 aliphatic rings.